The SMILES string of the molecule is Cc1csc(NC(=O)CC2CNCCO2)n1. The number of carbonyl (C=O) groups excluding carboxylic acids is 1. The standard InChI is InChI=1S/C10H15N3O2S/c1-7-6-16-10(12-7)13-9(14)4-8-5-11-2-3-15-8/h6,8,11H,2-5H2,1H3,(H,12,13,14). The number of thiazole rings is 1. The Hall–Kier alpha value is -0.980. The molecule has 0 bridgehead atoms. The van der Waals surface area contributed by atoms with Gasteiger partial charge in [0.15, 0.2) is 5.13 Å². The first-order chi connectivity index (χ1) is 7.74. The van der Waals surface area contributed by atoms with E-state index in [4.69, 9.17) is 4.74 Å². The topological polar surface area (TPSA) is 63.2 Å². The Labute approximate surface area is 98.2 Å². The first kappa shape index (κ1) is 11.5. The third-order valence-electron chi connectivity index (χ3n) is 2.28. The molecule has 0 aromatic carbocycles. The Morgan fingerprint density at radius 1 is 1.81 bits per heavy atom. The summed E-state index contributed by atoms with van der Waals surface area (Å²) in [5.74, 6) is -0.0388. The lowest BCUT2D eigenvalue weighted by atomic mass is 10.2. The Kier molecular flexibility index (Phi) is 3.87. The minimum absolute atomic E-state index is 0.0187. The Bertz CT molecular complexity index is 361. The van der Waals surface area contributed by atoms with E-state index in [0.29, 0.717) is 18.2 Å². The maximum Gasteiger partial charge on any atom is 0.228 e. The van der Waals surface area contributed by atoms with Gasteiger partial charge in [0.2, 0.25) is 5.91 Å². The molecule has 0 saturated carbocycles. The maximum atomic E-state index is 11.6. The Balaban J connectivity index is 1.79. The normalized spacial score (nSPS) is 20.7. The number of aromatic nitrogens is 1. The average molecular weight is 241 g/mol. The van der Waals surface area contributed by atoms with E-state index in [0.717, 1.165) is 18.8 Å². The molecule has 16 heavy (non-hydrogen) atoms. The molecule has 2 rings (SSSR count). The first-order valence-electron chi connectivity index (χ1n) is 5.28. The van der Waals surface area contributed by atoms with Gasteiger partial charge in [-0.15, -0.1) is 11.3 Å². The molecule has 1 aromatic heterocycles. The second kappa shape index (κ2) is 5.38. The number of morpholine rings is 1. The van der Waals surface area contributed by atoms with E-state index in [1.807, 2.05) is 12.3 Å². The summed E-state index contributed by atoms with van der Waals surface area (Å²) in [7, 11) is 0. The van der Waals surface area contributed by atoms with Crippen LogP contribution in [0.4, 0.5) is 5.13 Å². The fourth-order valence-corrected chi connectivity index (χ4v) is 2.24. The molecule has 1 saturated heterocycles. The number of aryl methyl sites for hydroxylation is 1. The van der Waals surface area contributed by atoms with Gasteiger partial charge in [0, 0.05) is 18.5 Å². The molecule has 1 aliphatic heterocycles. The number of hydrogen-bond acceptors (Lipinski definition) is 5. The molecule has 2 N–H and O–H groups in total. The van der Waals surface area contributed by atoms with Gasteiger partial charge >= 0.3 is 0 Å². The number of nitrogens with zero attached hydrogens (tertiary/aromatic N) is 1. The smallest absolute Gasteiger partial charge is 0.228 e. The van der Waals surface area contributed by atoms with Gasteiger partial charge in [-0.05, 0) is 6.92 Å². The Morgan fingerprint density at radius 3 is 3.31 bits per heavy atom. The molecule has 1 aliphatic rings. The van der Waals surface area contributed by atoms with Crippen molar-refractivity contribution in [1.82, 2.24) is 10.3 Å². The molecular weight excluding hydrogens is 226 g/mol. The molecule has 2 heterocycles. The summed E-state index contributed by atoms with van der Waals surface area (Å²) in [5.41, 5.74) is 0.927. The molecule has 0 aliphatic carbocycles. The molecule has 1 fully saturated rings. The van der Waals surface area contributed by atoms with Crippen molar-refractivity contribution in [3.63, 3.8) is 0 Å². The molecule has 1 atom stereocenters. The van der Waals surface area contributed by atoms with Crippen LogP contribution in [0.3, 0.4) is 0 Å². The number of hydrogen-bond donors (Lipinski definition) is 2. The molecule has 5 nitrogen and oxygen atoms in total. The number of rotatable bonds is 3. The highest BCUT2D eigenvalue weighted by Gasteiger charge is 2.17. The zero-order chi connectivity index (χ0) is 11.4. The van der Waals surface area contributed by atoms with Gasteiger partial charge in [-0.3, -0.25) is 4.79 Å². The van der Waals surface area contributed by atoms with E-state index in [9.17, 15) is 4.79 Å². The van der Waals surface area contributed by atoms with Gasteiger partial charge in [0.05, 0.1) is 24.8 Å². The fraction of sp³-hybridized carbons (Fsp3) is 0.600. The van der Waals surface area contributed by atoms with Crippen LogP contribution in [0.1, 0.15) is 12.1 Å². The summed E-state index contributed by atoms with van der Waals surface area (Å²) < 4.78 is 5.45. The second-order valence-electron chi connectivity index (χ2n) is 3.74. The van der Waals surface area contributed by atoms with Crippen LogP contribution in [0.25, 0.3) is 0 Å². The van der Waals surface area contributed by atoms with Crippen LogP contribution < -0.4 is 10.6 Å². The summed E-state index contributed by atoms with van der Waals surface area (Å²) in [4.78, 5) is 15.8. The van der Waals surface area contributed by atoms with E-state index in [2.05, 4.69) is 15.6 Å². The Morgan fingerprint density at radius 2 is 2.69 bits per heavy atom. The van der Waals surface area contributed by atoms with E-state index in [1.165, 1.54) is 11.3 Å². The monoisotopic (exact) mass is 241 g/mol. The van der Waals surface area contributed by atoms with Crippen LogP contribution in [-0.4, -0.2) is 36.7 Å². The van der Waals surface area contributed by atoms with Gasteiger partial charge in [-0.1, -0.05) is 0 Å². The molecule has 0 radical (unpaired) electrons. The average Bonchev–Trinajstić information content (AvgIpc) is 2.65. The van der Waals surface area contributed by atoms with Crippen LogP contribution in [0.5, 0.6) is 0 Å². The molecule has 1 unspecified atom stereocenters. The molecule has 88 valence electrons. The second-order valence-corrected chi connectivity index (χ2v) is 4.60. The van der Waals surface area contributed by atoms with Crippen molar-refractivity contribution >= 4 is 22.4 Å². The number of nitrogens with one attached hydrogen (secondary N) is 2. The van der Waals surface area contributed by atoms with Crippen LogP contribution >= 0.6 is 11.3 Å². The van der Waals surface area contributed by atoms with Crippen molar-refractivity contribution in [2.75, 3.05) is 25.0 Å². The van der Waals surface area contributed by atoms with Crippen molar-refractivity contribution in [3.05, 3.63) is 11.1 Å². The van der Waals surface area contributed by atoms with Crippen LogP contribution in [0, 0.1) is 6.92 Å². The molecule has 6 heteroatoms. The number of ether oxygens (including phenoxy) is 1. The van der Waals surface area contributed by atoms with E-state index in [1.54, 1.807) is 0 Å². The number of amides is 1. The third-order valence-corrected chi connectivity index (χ3v) is 3.16. The minimum atomic E-state index is -0.0388. The van der Waals surface area contributed by atoms with Crippen LogP contribution in [-0.2, 0) is 9.53 Å². The zero-order valence-electron chi connectivity index (χ0n) is 9.16. The van der Waals surface area contributed by atoms with Crippen molar-refractivity contribution in [1.29, 1.82) is 0 Å². The van der Waals surface area contributed by atoms with Gasteiger partial charge in [0.1, 0.15) is 0 Å². The van der Waals surface area contributed by atoms with Crippen LogP contribution in [0.2, 0.25) is 0 Å². The zero-order valence-corrected chi connectivity index (χ0v) is 9.97. The lowest BCUT2D eigenvalue weighted by molar-refractivity contribution is -0.119. The van der Waals surface area contributed by atoms with Crippen molar-refractivity contribution < 1.29 is 9.53 Å². The highest BCUT2D eigenvalue weighted by atomic mass is 32.1. The van der Waals surface area contributed by atoms with E-state index >= 15 is 0 Å². The molecular formula is C10H15N3O2S. The first-order valence-corrected chi connectivity index (χ1v) is 6.16. The fourth-order valence-electron chi connectivity index (χ4n) is 1.54. The largest absolute Gasteiger partial charge is 0.375 e. The number of anilines is 1. The van der Waals surface area contributed by atoms with Gasteiger partial charge in [-0.2, -0.15) is 0 Å². The lowest BCUT2D eigenvalue weighted by Crippen LogP contribution is -2.40. The quantitative estimate of drug-likeness (QED) is 0.820. The van der Waals surface area contributed by atoms with Crippen LogP contribution in [0.15, 0.2) is 5.38 Å². The minimum Gasteiger partial charge on any atom is -0.375 e. The predicted octanol–water partition coefficient (Wildman–Crippen LogP) is 0.769. The summed E-state index contributed by atoms with van der Waals surface area (Å²) in [6.45, 7) is 4.18. The molecule has 1 aromatic rings. The third kappa shape index (κ3) is 3.26. The van der Waals surface area contributed by atoms with Crippen molar-refractivity contribution in [2.24, 2.45) is 0 Å². The van der Waals surface area contributed by atoms with Gasteiger partial charge in [-0.25, -0.2) is 4.98 Å². The van der Waals surface area contributed by atoms with Crippen molar-refractivity contribution in [2.45, 2.75) is 19.4 Å². The van der Waals surface area contributed by atoms with Crippen molar-refractivity contribution in [3.8, 4) is 0 Å². The lowest BCUT2D eigenvalue weighted by Gasteiger charge is -2.22. The highest BCUT2D eigenvalue weighted by molar-refractivity contribution is 7.13. The number of carbonyl (C=O) groups is 1. The van der Waals surface area contributed by atoms with E-state index in [-0.39, 0.29) is 12.0 Å². The summed E-state index contributed by atoms with van der Waals surface area (Å²) in [6, 6.07) is 0. The summed E-state index contributed by atoms with van der Waals surface area (Å²) in [5, 5.41) is 8.53. The maximum absolute atomic E-state index is 11.6. The molecule has 0 spiro atoms. The molecule has 1 amide bonds. The predicted molar refractivity (Wildman–Crippen MR) is 62.7 cm³/mol. The van der Waals surface area contributed by atoms with Gasteiger partial charge < -0.3 is 15.4 Å². The van der Waals surface area contributed by atoms with E-state index < -0.39 is 0 Å². The summed E-state index contributed by atoms with van der Waals surface area (Å²) >= 11 is 1.44. The highest BCUT2D eigenvalue weighted by Crippen LogP contribution is 2.15. The summed E-state index contributed by atoms with van der Waals surface area (Å²) in [6.07, 6.45) is 0.362. The van der Waals surface area contributed by atoms with Gasteiger partial charge in [0.25, 0.3) is 0 Å².